The fourth-order valence-corrected chi connectivity index (χ4v) is 4.99. The van der Waals surface area contributed by atoms with Crippen LogP contribution in [0.5, 0.6) is 0 Å². The Bertz CT molecular complexity index is 1140. The van der Waals surface area contributed by atoms with Crippen molar-refractivity contribution in [3.63, 3.8) is 0 Å². The molecule has 1 aliphatic rings. The van der Waals surface area contributed by atoms with Gasteiger partial charge in [-0.05, 0) is 73.1 Å². The van der Waals surface area contributed by atoms with Gasteiger partial charge in [-0.15, -0.1) is 0 Å². The minimum absolute atomic E-state index is 0.178. The van der Waals surface area contributed by atoms with Crippen molar-refractivity contribution in [2.75, 3.05) is 5.32 Å². The normalized spacial score (nSPS) is 21.1. The van der Waals surface area contributed by atoms with Gasteiger partial charge in [-0.2, -0.15) is 18.4 Å². The monoisotopic (exact) mass is 426 g/mol. The summed E-state index contributed by atoms with van der Waals surface area (Å²) in [4.78, 5) is 4.71. The third-order valence-corrected chi connectivity index (χ3v) is 6.02. The second-order valence-electron chi connectivity index (χ2n) is 9.39. The molecule has 1 fully saturated rings. The Kier molecular flexibility index (Phi) is 5.20. The average Bonchev–Trinajstić information content (AvgIpc) is 3.02. The number of nitriles is 1. The zero-order valence-electron chi connectivity index (χ0n) is 17.8. The molecule has 0 amide bonds. The molecule has 162 valence electrons. The molecule has 31 heavy (non-hydrogen) atoms. The van der Waals surface area contributed by atoms with Crippen molar-refractivity contribution in [2.45, 2.75) is 52.3 Å². The van der Waals surface area contributed by atoms with Gasteiger partial charge in [0.05, 0.1) is 28.2 Å². The highest BCUT2D eigenvalue weighted by atomic mass is 19.4. The molecule has 1 heterocycles. The number of hydrogen-bond donors (Lipinski definition) is 1. The summed E-state index contributed by atoms with van der Waals surface area (Å²) in [6.45, 7) is 6.79. The Morgan fingerprint density at radius 3 is 2.45 bits per heavy atom. The van der Waals surface area contributed by atoms with Crippen molar-refractivity contribution >= 4 is 22.7 Å². The van der Waals surface area contributed by atoms with E-state index in [1.165, 1.54) is 12.1 Å². The minimum atomic E-state index is -4.37. The fourth-order valence-electron chi connectivity index (χ4n) is 4.99. The van der Waals surface area contributed by atoms with E-state index in [1.807, 2.05) is 6.07 Å². The lowest BCUT2D eigenvalue weighted by atomic mass is 9.70. The molecule has 4 nitrogen and oxygen atoms in total. The SMILES string of the molecule is C[C@H]1C[C@@H](n2c(Nc3ccc(C(F)(F)F)cc3)nc3cc(C#N)ccc32)CC(C)(C)C1. The van der Waals surface area contributed by atoms with Gasteiger partial charge in [-0.25, -0.2) is 4.98 Å². The zero-order valence-corrected chi connectivity index (χ0v) is 17.8. The molecule has 0 aliphatic heterocycles. The number of benzene rings is 2. The second kappa shape index (κ2) is 7.60. The van der Waals surface area contributed by atoms with Crippen molar-refractivity contribution in [2.24, 2.45) is 11.3 Å². The number of hydrogen-bond acceptors (Lipinski definition) is 3. The van der Waals surface area contributed by atoms with Crippen LogP contribution in [0, 0.1) is 22.7 Å². The lowest BCUT2D eigenvalue weighted by molar-refractivity contribution is -0.137. The molecule has 0 bridgehead atoms. The first kappa shape index (κ1) is 21.2. The van der Waals surface area contributed by atoms with Crippen molar-refractivity contribution in [3.05, 3.63) is 53.6 Å². The molecule has 4 rings (SSSR count). The maximum Gasteiger partial charge on any atom is 0.416 e. The second-order valence-corrected chi connectivity index (χ2v) is 9.39. The van der Waals surface area contributed by atoms with Crippen LogP contribution >= 0.6 is 0 Å². The molecule has 0 spiro atoms. The van der Waals surface area contributed by atoms with E-state index in [1.54, 1.807) is 12.1 Å². The predicted octanol–water partition coefficient (Wildman–Crippen LogP) is 7.06. The van der Waals surface area contributed by atoms with Gasteiger partial charge in [0.25, 0.3) is 0 Å². The highest BCUT2D eigenvalue weighted by Gasteiger charge is 2.35. The molecule has 0 unspecified atom stereocenters. The maximum absolute atomic E-state index is 12.9. The molecule has 1 aromatic heterocycles. The van der Waals surface area contributed by atoms with Crippen molar-refractivity contribution in [3.8, 4) is 6.07 Å². The Morgan fingerprint density at radius 1 is 1.13 bits per heavy atom. The third kappa shape index (κ3) is 4.39. The number of anilines is 2. The number of nitrogens with one attached hydrogen (secondary N) is 1. The van der Waals surface area contributed by atoms with Crippen LogP contribution in [0.25, 0.3) is 11.0 Å². The fraction of sp³-hybridized carbons (Fsp3) is 0.417. The molecule has 0 radical (unpaired) electrons. The standard InChI is InChI=1S/C24H25F3N4/c1-15-10-19(13-23(2,3)12-15)31-21-9-4-16(14-28)11-20(21)30-22(31)29-18-7-5-17(6-8-18)24(25,26)27/h4-9,11,15,19H,10,12-13H2,1-3H3,(H,29,30)/t15-,19+/m0/s1. The number of alkyl halides is 3. The van der Waals surface area contributed by atoms with Gasteiger partial charge in [0, 0.05) is 11.7 Å². The van der Waals surface area contributed by atoms with Gasteiger partial charge < -0.3 is 9.88 Å². The first-order chi connectivity index (χ1) is 14.6. The van der Waals surface area contributed by atoms with E-state index in [0.29, 0.717) is 28.6 Å². The summed E-state index contributed by atoms with van der Waals surface area (Å²) in [5, 5.41) is 12.5. The summed E-state index contributed by atoms with van der Waals surface area (Å²) in [6, 6.07) is 12.7. The van der Waals surface area contributed by atoms with E-state index in [-0.39, 0.29) is 11.5 Å². The number of imidazole rings is 1. The van der Waals surface area contributed by atoms with Crippen molar-refractivity contribution in [1.29, 1.82) is 5.26 Å². The molecule has 1 aliphatic carbocycles. The maximum atomic E-state index is 12.9. The summed E-state index contributed by atoms with van der Waals surface area (Å²) >= 11 is 0. The van der Waals surface area contributed by atoms with Crippen LogP contribution in [0.15, 0.2) is 42.5 Å². The Balaban J connectivity index is 1.77. The molecule has 1 N–H and O–H groups in total. The largest absolute Gasteiger partial charge is 0.416 e. The van der Waals surface area contributed by atoms with Gasteiger partial charge in [0.2, 0.25) is 5.95 Å². The van der Waals surface area contributed by atoms with E-state index in [2.05, 4.69) is 36.7 Å². The molecular weight excluding hydrogens is 401 g/mol. The quantitative estimate of drug-likeness (QED) is 0.488. The lowest BCUT2D eigenvalue weighted by Gasteiger charge is -2.40. The van der Waals surface area contributed by atoms with E-state index < -0.39 is 11.7 Å². The smallest absolute Gasteiger partial charge is 0.326 e. The summed E-state index contributed by atoms with van der Waals surface area (Å²) in [5.41, 5.74) is 2.17. The molecule has 7 heteroatoms. The molecule has 1 saturated carbocycles. The first-order valence-corrected chi connectivity index (χ1v) is 10.4. The van der Waals surface area contributed by atoms with Crippen LogP contribution in [0.4, 0.5) is 24.8 Å². The van der Waals surface area contributed by atoms with Crippen LogP contribution in [0.2, 0.25) is 0 Å². The van der Waals surface area contributed by atoms with Crippen LogP contribution in [0.1, 0.15) is 57.2 Å². The number of nitrogens with zero attached hydrogens (tertiary/aromatic N) is 3. The van der Waals surface area contributed by atoms with Gasteiger partial charge in [0.1, 0.15) is 0 Å². The van der Waals surface area contributed by atoms with E-state index in [0.717, 1.165) is 36.9 Å². The van der Waals surface area contributed by atoms with Crippen molar-refractivity contribution in [1.82, 2.24) is 9.55 Å². The van der Waals surface area contributed by atoms with Crippen molar-refractivity contribution < 1.29 is 13.2 Å². The number of aromatic nitrogens is 2. The summed E-state index contributed by atoms with van der Waals surface area (Å²) < 4.78 is 40.9. The molecular formula is C24H25F3N4. The summed E-state index contributed by atoms with van der Waals surface area (Å²) in [5.74, 6) is 1.13. The molecule has 2 aromatic carbocycles. The summed E-state index contributed by atoms with van der Waals surface area (Å²) in [6.07, 6.45) is -1.25. The molecule has 3 aromatic rings. The van der Waals surface area contributed by atoms with Gasteiger partial charge >= 0.3 is 6.18 Å². The van der Waals surface area contributed by atoms with E-state index in [4.69, 9.17) is 4.98 Å². The highest BCUT2D eigenvalue weighted by Crippen LogP contribution is 2.46. The minimum Gasteiger partial charge on any atom is -0.326 e. The Hall–Kier alpha value is -3.01. The van der Waals surface area contributed by atoms with Crippen LogP contribution in [-0.2, 0) is 6.18 Å². The highest BCUT2D eigenvalue weighted by molar-refractivity contribution is 5.81. The number of rotatable bonds is 3. The predicted molar refractivity (Wildman–Crippen MR) is 115 cm³/mol. The molecule has 0 saturated heterocycles. The first-order valence-electron chi connectivity index (χ1n) is 10.4. The lowest BCUT2D eigenvalue weighted by Crippen LogP contribution is -2.29. The van der Waals surface area contributed by atoms with Gasteiger partial charge in [-0.1, -0.05) is 20.8 Å². The van der Waals surface area contributed by atoms with Gasteiger partial charge in [0.15, 0.2) is 0 Å². The summed E-state index contributed by atoms with van der Waals surface area (Å²) in [7, 11) is 0. The van der Waals surface area contributed by atoms with Crippen LogP contribution in [0.3, 0.4) is 0 Å². The Labute approximate surface area is 179 Å². The van der Waals surface area contributed by atoms with E-state index >= 15 is 0 Å². The van der Waals surface area contributed by atoms with Crippen LogP contribution in [-0.4, -0.2) is 9.55 Å². The van der Waals surface area contributed by atoms with Gasteiger partial charge in [-0.3, -0.25) is 0 Å². The molecule has 2 atom stereocenters. The third-order valence-electron chi connectivity index (χ3n) is 6.02. The number of fused-ring (bicyclic) bond motifs is 1. The van der Waals surface area contributed by atoms with Crippen LogP contribution < -0.4 is 5.32 Å². The Morgan fingerprint density at radius 2 is 1.84 bits per heavy atom. The zero-order chi connectivity index (χ0) is 22.4. The average molecular weight is 426 g/mol. The number of halogens is 3. The van der Waals surface area contributed by atoms with E-state index in [9.17, 15) is 18.4 Å². The topological polar surface area (TPSA) is 53.6 Å².